The van der Waals surface area contributed by atoms with Crippen LogP contribution in [0.15, 0.2) is 33.6 Å². The van der Waals surface area contributed by atoms with Crippen LogP contribution in [0.2, 0.25) is 0 Å². The van der Waals surface area contributed by atoms with E-state index in [2.05, 4.69) is 37.3 Å². The van der Waals surface area contributed by atoms with Crippen LogP contribution in [0, 0.1) is 0 Å². The van der Waals surface area contributed by atoms with Gasteiger partial charge in [-0.05, 0) is 51.5 Å². The summed E-state index contributed by atoms with van der Waals surface area (Å²) in [6, 6.07) is 5.96. The van der Waals surface area contributed by atoms with Gasteiger partial charge in [-0.15, -0.1) is 11.3 Å². The highest BCUT2D eigenvalue weighted by Gasteiger charge is 2.06. The van der Waals surface area contributed by atoms with Crippen molar-refractivity contribution in [1.29, 1.82) is 0 Å². The highest BCUT2D eigenvalue weighted by Crippen LogP contribution is 2.23. The summed E-state index contributed by atoms with van der Waals surface area (Å²) in [6.45, 7) is 2.56. The van der Waals surface area contributed by atoms with E-state index in [0.29, 0.717) is 0 Å². The van der Waals surface area contributed by atoms with E-state index >= 15 is 0 Å². The lowest BCUT2D eigenvalue weighted by atomic mass is 10.2. The maximum absolute atomic E-state index is 9.43. The van der Waals surface area contributed by atoms with Crippen LogP contribution < -0.4 is 4.90 Å². The summed E-state index contributed by atoms with van der Waals surface area (Å²) in [5.74, 6) is 0.904. The van der Waals surface area contributed by atoms with Crippen LogP contribution >= 0.6 is 27.3 Å². The second-order valence-corrected chi connectivity index (χ2v) is 6.53. The lowest BCUT2D eigenvalue weighted by Crippen LogP contribution is -2.17. The number of aliphatic hydroxyl groups excluding tert-OH is 1. The largest absolute Gasteiger partial charge is 0.389 e. The van der Waals surface area contributed by atoms with E-state index in [9.17, 15) is 5.11 Å². The quantitative estimate of drug-likeness (QED) is 0.932. The van der Waals surface area contributed by atoms with E-state index < -0.39 is 6.10 Å². The zero-order chi connectivity index (χ0) is 13.1. The number of anilines is 1. The molecule has 2 aromatic heterocycles. The Labute approximate surface area is 119 Å². The Kier molecular flexibility index (Phi) is 4.37. The third kappa shape index (κ3) is 3.31. The average Bonchev–Trinajstić information content (AvgIpc) is 2.75. The van der Waals surface area contributed by atoms with Gasteiger partial charge in [0.25, 0.3) is 0 Å². The summed E-state index contributed by atoms with van der Waals surface area (Å²) in [5.41, 5.74) is 2.10. The van der Waals surface area contributed by atoms with E-state index in [-0.39, 0.29) is 0 Å². The smallest absolute Gasteiger partial charge is 0.128 e. The first kappa shape index (κ1) is 13.5. The standard InChI is InChI=1S/C13H15BrN2OS/c1-9(17)11-3-4-13(15-6-11)16(2)7-10-5-12(14)18-8-10/h3-6,8-9,17H,7H2,1-2H3/t9-/m1/s1. The molecule has 0 saturated heterocycles. The van der Waals surface area contributed by atoms with Gasteiger partial charge in [0.15, 0.2) is 0 Å². The second-order valence-electron chi connectivity index (χ2n) is 4.24. The van der Waals surface area contributed by atoms with Gasteiger partial charge in [0.05, 0.1) is 9.89 Å². The number of aromatic nitrogens is 1. The van der Waals surface area contributed by atoms with E-state index in [0.717, 1.165) is 21.7 Å². The van der Waals surface area contributed by atoms with Crippen LogP contribution in [-0.2, 0) is 6.54 Å². The molecule has 3 nitrogen and oxygen atoms in total. The molecule has 0 saturated carbocycles. The van der Waals surface area contributed by atoms with Gasteiger partial charge in [0.2, 0.25) is 0 Å². The third-order valence-electron chi connectivity index (χ3n) is 2.69. The summed E-state index contributed by atoms with van der Waals surface area (Å²) in [4.78, 5) is 6.44. The predicted molar refractivity (Wildman–Crippen MR) is 79.0 cm³/mol. The normalized spacial score (nSPS) is 12.4. The molecule has 2 heterocycles. The van der Waals surface area contributed by atoms with Crippen molar-refractivity contribution in [2.75, 3.05) is 11.9 Å². The van der Waals surface area contributed by atoms with Crippen molar-refractivity contribution < 1.29 is 5.11 Å². The molecule has 2 aromatic rings. The van der Waals surface area contributed by atoms with Crippen molar-refractivity contribution in [1.82, 2.24) is 4.98 Å². The Morgan fingerprint density at radius 2 is 2.28 bits per heavy atom. The van der Waals surface area contributed by atoms with Gasteiger partial charge in [-0.3, -0.25) is 0 Å². The number of nitrogens with zero attached hydrogens (tertiary/aromatic N) is 2. The van der Waals surface area contributed by atoms with Crippen molar-refractivity contribution in [2.45, 2.75) is 19.6 Å². The molecule has 5 heteroatoms. The molecule has 96 valence electrons. The van der Waals surface area contributed by atoms with Crippen LogP contribution in [0.3, 0.4) is 0 Å². The molecule has 0 amide bonds. The Morgan fingerprint density at radius 1 is 1.50 bits per heavy atom. The minimum Gasteiger partial charge on any atom is -0.389 e. The monoisotopic (exact) mass is 326 g/mol. The van der Waals surface area contributed by atoms with Gasteiger partial charge in [0, 0.05) is 19.8 Å². The molecule has 0 aliphatic rings. The fourth-order valence-corrected chi connectivity index (χ4v) is 2.85. The second kappa shape index (κ2) is 5.82. The number of pyridine rings is 1. The third-order valence-corrected chi connectivity index (χ3v) is 4.24. The average molecular weight is 327 g/mol. The van der Waals surface area contributed by atoms with Crippen molar-refractivity contribution in [2.24, 2.45) is 0 Å². The number of rotatable bonds is 4. The van der Waals surface area contributed by atoms with E-state index in [1.807, 2.05) is 19.2 Å². The molecule has 18 heavy (non-hydrogen) atoms. The van der Waals surface area contributed by atoms with Crippen molar-refractivity contribution in [3.63, 3.8) is 0 Å². The molecular formula is C13H15BrN2OS. The minimum absolute atomic E-state index is 0.468. The molecule has 0 radical (unpaired) electrons. The molecule has 0 spiro atoms. The van der Waals surface area contributed by atoms with Gasteiger partial charge in [0.1, 0.15) is 5.82 Å². The number of halogens is 1. The minimum atomic E-state index is -0.468. The Bertz CT molecular complexity index is 510. The lowest BCUT2D eigenvalue weighted by Gasteiger charge is -2.18. The fraction of sp³-hybridized carbons (Fsp3) is 0.308. The van der Waals surface area contributed by atoms with Gasteiger partial charge in [-0.2, -0.15) is 0 Å². The molecule has 1 atom stereocenters. The topological polar surface area (TPSA) is 36.4 Å². The molecule has 0 fully saturated rings. The first-order valence-corrected chi connectivity index (χ1v) is 7.31. The zero-order valence-electron chi connectivity index (χ0n) is 10.3. The summed E-state index contributed by atoms with van der Waals surface area (Å²) < 4.78 is 1.14. The molecule has 0 aliphatic heterocycles. The number of hydrogen-bond acceptors (Lipinski definition) is 4. The van der Waals surface area contributed by atoms with Crippen LogP contribution in [-0.4, -0.2) is 17.1 Å². The Balaban J connectivity index is 2.06. The molecule has 1 N–H and O–H groups in total. The molecule has 0 aliphatic carbocycles. The number of aliphatic hydroxyl groups is 1. The SMILES string of the molecule is C[C@@H](O)c1ccc(N(C)Cc2csc(Br)c2)nc1. The zero-order valence-corrected chi connectivity index (χ0v) is 12.7. The van der Waals surface area contributed by atoms with E-state index in [1.165, 1.54) is 5.56 Å². The van der Waals surface area contributed by atoms with E-state index in [4.69, 9.17) is 0 Å². The number of hydrogen-bond donors (Lipinski definition) is 1. The summed E-state index contributed by atoms with van der Waals surface area (Å²) >= 11 is 5.14. The molecule has 2 rings (SSSR count). The lowest BCUT2D eigenvalue weighted by molar-refractivity contribution is 0.199. The van der Waals surface area contributed by atoms with Crippen molar-refractivity contribution >= 4 is 33.1 Å². The van der Waals surface area contributed by atoms with Gasteiger partial charge in [-0.1, -0.05) is 6.07 Å². The highest BCUT2D eigenvalue weighted by molar-refractivity contribution is 9.11. The summed E-state index contributed by atoms with van der Waals surface area (Å²) in [6.07, 6.45) is 1.25. The van der Waals surface area contributed by atoms with Crippen molar-refractivity contribution in [3.05, 3.63) is 44.7 Å². The Hall–Kier alpha value is -0.910. The fourth-order valence-electron chi connectivity index (χ4n) is 1.65. The van der Waals surface area contributed by atoms with Crippen LogP contribution in [0.5, 0.6) is 0 Å². The summed E-state index contributed by atoms with van der Waals surface area (Å²) in [7, 11) is 2.01. The Morgan fingerprint density at radius 3 is 2.78 bits per heavy atom. The predicted octanol–water partition coefficient (Wildman–Crippen LogP) is 3.60. The van der Waals surface area contributed by atoms with E-state index in [1.54, 1.807) is 24.5 Å². The maximum atomic E-state index is 9.43. The number of thiophene rings is 1. The van der Waals surface area contributed by atoms with Crippen molar-refractivity contribution in [3.8, 4) is 0 Å². The first-order valence-electron chi connectivity index (χ1n) is 5.64. The molecule has 0 unspecified atom stereocenters. The maximum Gasteiger partial charge on any atom is 0.128 e. The molecule has 0 bridgehead atoms. The van der Waals surface area contributed by atoms with Gasteiger partial charge >= 0.3 is 0 Å². The molecular weight excluding hydrogens is 312 g/mol. The van der Waals surface area contributed by atoms with Gasteiger partial charge in [-0.25, -0.2) is 4.98 Å². The highest BCUT2D eigenvalue weighted by atomic mass is 79.9. The van der Waals surface area contributed by atoms with Crippen LogP contribution in [0.25, 0.3) is 0 Å². The summed E-state index contributed by atoms with van der Waals surface area (Å²) in [5, 5.41) is 11.6. The van der Waals surface area contributed by atoms with Gasteiger partial charge < -0.3 is 10.0 Å². The van der Waals surface area contributed by atoms with Crippen LogP contribution in [0.1, 0.15) is 24.2 Å². The van der Waals surface area contributed by atoms with Crippen LogP contribution in [0.4, 0.5) is 5.82 Å². The first-order chi connectivity index (χ1) is 8.56. The molecule has 0 aromatic carbocycles.